The molecule has 182 valence electrons. The number of nitrogen functional groups attached to an aromatic ring is 1. The summed E-state index contributed by atoms with van der Waals surface area (Å²) in [6, 6.07) is 15.4. The van der Waals surface area contributed by atoms with Crippen LogP contribution in [-0.2, 0) is 0 Å². The Labute approximate surface area is 204 Å². The molecule has 3 heterocycles. The highest BCUT2D eigenvalue weighted by Gasteiger charge is 2.19. The van der Waals surface area contributed by atoms with Crippen LogP contribution in [0.5, 0.6) is 11.5 Å². The van der Waals surface area contributed by atoms with Crippen LogP contribution in [0.4, 0.5) is 11.8 Å². The molecule has 1 aliphatic heterocycles. The van der Waals surface area contributed by atoms with Gasteiger partial charge < -0.3 is 25.4 Å². The van der Waals surface area contributed by atoms with Crippen molar-refractivity contribution in [3.8, 4) is 28.4 Å². The Kier molecular flexibility index (Phi) is 6.67. The molecule has 5 rings (SSSR count). The molecule has 0 radical (unpaired) electrons. The van der Waals surface area contributed by atoms with Crippen LogP contribution in [0.1, 0.15) is 19.3 Å². The molecule has 1 fully saturated rings. The van der Waals surface area contributed by atoms with Gasteiger partial charge in [-0.2, -0.15) is 4.98 Å². The van der Waals surface area contributed by atoms with E-state index in [0.717, 1.165) is 54.6 Å². The smallest absolute Gasteiger partial charge is 0.225 e. The molecule has 9 nitrogen and oxygen atoms in total. The molecule has 0 spiro atoms. The van der Waals surface area contributed by atoms with E-state index in [9.17, 15) is 0 Å². The van der Waals surface area contributed by atoms with E-state index in [2.05, 4.69) is 10.2 Å². The van der Waals surface area contributed by atoms with Crippen LogP contribution < -0.4 is 20.5 Å². The average Bonchev–Trinajstić information content (AvgIpc) is 3.25. The van der Waals surface area contributed by atoms with Crippen molar-refractivity contribution in [2.75, 3.05) is 51.4 Å². The number of piperidine rings is 1. The van der Waals surface area contributed by atoms with Gasteiger partial charge in [0.1, 0.15) is 17.3 Å². The molecular formula is C26H31N7O2. The first-order chi connectivity index (χ1) is 17.2. The van der Waals surface area contributed by atoms with Gasteiger partial charge in [-0.15, -0.1) is 5.10 Å². The van der Waals surface area contributed by atoms with Gasteiger partial charge in [-0.1, -0.05) is 6.42 Å². The first-order valence-corrected chi connectivity index (χ1v) is 12.0. The summed E-state index contributed by atoms with van der Waals surface area (Å²) in [5.74, 6) is 2.57. The zero-order valence-corrected chi connectivity index (χ0v) is 20.2. The number of nitrogens with two attached hydrogens (primary N) is 1. The molecular weight excluding hydrogens is 442 g/mol. The second-order valence-electron chi connectivity index (χ2n) is 8.65. The van der Waals surface area contributed by atoms with E-state index >= 15 is 0 Å². The number of rotatable bonds is 8. The highest BCUT2D eigenvalue weighted by molar-refractivity contribution is 5.99. The maximum atomic E-state index is 6.62. The Bertz CT molecular complexity index is 1280. The van der Waals surface area contributed by atoms with E-state index in [-0.39, 0.29) is 0 Å². The summed E-state index contributed by atoms with van der Waals surface area (Å²) in [7, 11) is 3.29. The number of anilines is 2. The van der Waals surface area contributed by atoms with Crippen molar-refractivity contribution in [3.63, 3.8) is 0 Å². The number of benzene rings is 2. The third kappa shape index (κ3) is 4.85. The summed E-state index contributed by atoms with van der Waals surface area (Å²) < 4.78 is 12.3. The van der Waals surface area contributed by atoms with Crippen molar-refractivity contribution in [2.45, 2.75) is 19.3 Å². The van der Waals surface area contributed by atoms with Gasteiger partial charge in [0.2, 0.25) is 5.95 Å². The fourth-order valence-electron chi connectivity index (χ4n) is 4.48. The second kappa shape index (κ2) is 10.2. The zero-order valence-electron chi connectivity index (χ0n) is 20.2. The lowest BCUT2D eigenvalue weighted by atomic mass is 10.1. The van der Waals surface area contributed by atoms with Gasteiger partial charge in [0.05, 0.1) is 31.0 Å². The minimum absolute atomic E-state index is 0.482. The van der Waals surface area contributed by atoms with Crippen molar-refractivity contribution in [1.82, 2.24) is 24.6 Å². The minimum atomic E-state index is 0.482. The number of nitrogens with zero attached hydrogens (tertiary/aromatic N) is 5. The number of ether oxygens (including phenoxy) is 2. The van der Waals surface area contributed by atoms with E-state index in [4.69, 9.17) is 30.3 Å². The quantitative estimate of drug-likeness (QED) is 0.396. The van der Waals surface area contributed by atoms with Gasteiger partial charge in [-0.3, -0.25) is 0 Å². The van der Waals surface area contributed by atoms with E-state index in [1.54, 1.807) is 18.9 Å². The van der Waals surface area contributed by atoms with Gasteiger partial charge in [0.15, 0.2) is 5.65 Å². The number of nitrogens with one attached hydrogen (secondary N) is 1. The maximum absolute atomic E-state index is 6.62. The zero-order chi connectivity index (χ0) is 24.2. The molecule has 1 saturated heterocycles. The third-order valence-electron chi connectivity index (χ3n) is 6.41. The molecule has 0 amide bonds. The standard InChI is InChI=1S/C26H31N7O2/c1-34-20-10-6-18(7-11-20)23-22-24(27)33(19-8-12-21(35-2)13-9-19)31-25(22)30-26(29-23)28-14-17-32-15-4-3-5-16-32/h6-13H,3-5,14-17,27H2,1-2H3,(H,28,30,31). The molecule has 3 N–H and O–H groups in total. The predicted molar refractivity (Wildman–Crippen MR) is 138 cm³/mol. The summed E-state index contributed by atoms with van der Waals surface area (Å²) in [5.41, 5.74) is 9.63. The molecule has 0 atom stereocenters. The van der Waals surface area contributed by atoms with Crippen molar-refractivity contribution >= 4 is 22.8 Å². The lowest BCUT2D eigenvalue weighted by Crippen LogP contribution is -2.33. The highest BCUT2D eigenvalue weighted by Crippen LogP contribution is 2.33. The molecule has 35 heavy (non-hydrogen) atoms. The first-order valence-electron chi connectivity index (χ1n) is 12.0. The van der Waals surface area contributed by atoms with Crippen LogP contribution in [0, 0.1) is 0 Å². The largest absolute Gasteiger partial charge is 0.497 e. The van der Waals surface area contributed by atoms with E-state index in [1.807, 2.05) is 48.5 Å². The van der Waals surface area contributed by atoms with Crippen LogP contribution in [-0.4, -0.2) is 65.0 Å². The molecule has 0 unspecified atom stereocenters. The van der Waals surface area contributed by atoms with E-state index < -0.39 is 0 Å². The summed E-state index contributed by atoms with van der Waals surface area (Å²) in [4.78, 5) is 12.1. The Morgan fingerprint density at radius 3 is 2.20 bits per heavy atom. The highest BCUT2D eigenvalue weighted by atomic mass is 16.5. The maximum Gasteiger partial charge on any atom is 0.225 e. The Hall–Kier alpha value is -3.85. The number of fused-ring (bicyclic) bond motifs is 1. The summed E-state index contributed by atoms with van der Waals surface area (Å²) in [6.45, 7) is 4.03. The predicted octanol–water partition coefficient (Wildman–Crippen LogP) is 3.98. The summed E-state index contributed by atoms with van der Waals surface area (Å²) in [5, 5.41) is 8.86. The molecule has 2 aromatic heterocycles. The fraction of sp³-hybridized carbons (Fsp3) is 0.346. The topological polar surface area (TPSA) is 103 Å². The number of hydrogen-bond acceptors (Lipinski definition) is 8. The number of likely N-dealkylation sites (tertiary alicyclic amines) is 1. The molecule has 4 aromatic rings. The van der Waals surface area contributed by atoms with Gasteiger partial charge in [-0.05, 0) is 74.5 Å². The molecule has 0 aliphatic carbocycles. The van der Waals surface area contributed by atoms with Crippen LogP contribution in [0.2, 0.25) is 0 Å². The van der Waals surface area contributed by atoms with Crippen molar-refractivity contribution in [1.29, 1.82) is 0 Å². The average molecular weight is 474 g/mol. The van der Waals surface area contributed by atoms with Crippen molar-refractivity contribution in [2.24, 2.45) is 0 Å². The fourth-order valence-corrected chi connectivity index (χ4v) is 4.48. The van der Waals surface area contributed by atoms with Gasteiger partial charge in [0.25, 0.3) is 0 Å². The van der Waals surface area contributed by atoms with Crippen LogP contribution in [0.3, 0.4) is 0 Å². The monoisotopic (exact) mass is 473 g/mol. The van der Waals surface area contributed by atoms with Gasteiger partial charge in [0, 0.05) is 18.7 Å². The summed E-state index contributed by atoms with van der Waals surface area (Å²) >= 11 is 0. The number of hydrogen-bond donors (Lipinski definition) is 2. The molecule has 0 bridgehead atoms. The van der Waals surface area contributed by atoms with Crippen LogP contribution in [0.15, 0.2) is 48.5 Å². The normalized spacial score (nSPS) is 14.2. The molecule has 2 aromatic carbocycles. The minimum Gasteiger partial charge on any atom is -0.497 e. The van der Waals surface area contributed by atoms with Crippen molar-refractivity contribution < 1.29 is 9.47 Å². The van der Waals surface area contributed by atoms with Gasteiger partial charge in [-0.25, -0.2) is 9.67 Å². The van der Waals surface area contributed by atoms with Crippen molar-refractivity contribution in [3.05, 3.63) is 48.5 Å². The molecule has 1 aliphatic rings. The summed E-state index contributed by atoms with van der Waals surface area (Å²) in [6.07, 6.45) is 3.87. The van der Waals surface area contributed by atoms with Gasteiger partial charge >= 0.3 is 0 Å². The number of aromatic nitrogens is 4. The third-order valence-corrected chi connectivity index (χ3v) is 6.41. The lowest BCUT2D eigenvalue weighted by Gasteiger charge is -2.26. The van der Waals surface area contributed by atoms with E-state index in [0.29, 0.717) is 22.8 Å². The van der Waals surface area contributed by atoms with Crippen LogP contribution in [0.25, 0.3) is 28.0 Å². The first kappa shape index (κ1) is 22.9. The lowest BCUT2D eigenvalue weighted by molar-refractivity contribution is 0.237. The van der Waals surface area contributed by atoms with E-state index in [1.165, 1.54) is 19.3 Å². The Morgan fingerprint density at radius 1 is 0.886 bits per heavy atom. The second-order valence-corrected chi connectivity index (χ2v) is 8.65. The van der Waals surface area contributed by atoms with Crippen LogP contribution >= 0.6 is 0 Å². The Balaban J connectivity index is 1.52. The molecule has 0 saturated carbocycles. The Morgan fingerprint density at radius 2 is 1.54 bits per heavy atom. The number of methoxy groups -OCH3 is 2. The molecule has 9 heteroatoms. The SMILES string of the molecule is COc1ccc(-c2nc(NCCN3CCCCC3)nc3nn(-c4ccc(OC)cc4)c(N)c23)cc1.